The molecule has 104 valence electrons. The molecule has 1 aliphatic carbocycles. The van der Waals surface area contributed by atoms with E-state index in [1.807, 2.05) is 24.3 Å². The summed E-state index contributed by atoms with van der Waals surface area (Å²) >= 11 is 0. The molecule has 3 heteroatoms. The number of benzene rings is 2. The molecule has 0 aliphatic heterocycles. The topological polar surface area (TPSA) is 49.3 Å². The number of hydrogen-bond donors (Lipinski definition) is 2. The largest absolute Gasteiger partial charge is 0.392 e. The summed E-state index contributed by atoms with van der Waals surface area (Å²) in [7, 11) is 0. The number of aliphatic hydroxyl groups excluding tert-OH is 1. The fraction of sp³-hybridized carbons (Fsp3) is 0.353. The molecule has 2 unspecified atom stereocenters. The number of amides is 1. The SMILES string of the molecule is O=C(NCc1cccc2ccccc12)C1CCCC1O. The van der Waals surface area contributed by atoms with Crippen molar-refractivity contribution in [3.05, 3.63) is 48.0 Å². The zero-order chi connectivity index (χ0) is 13.9. The Morgan fingerprint density at radius 1 is 1.15 bits per heavy atom. The smallest absolute Gasteiger partial charge is 0.225 e. The van der Waals surface area contributed by atoms with E-state index in [-0.39, 0.29) is 11.8 Å². The molecule has 2 aromatic carbocycles. The molecule has 1 amide bonds. The van der Waals surface area contributed by atoms with Gasteiger partial charge in [0.15, 0.2) is 0 Å². The molecule has 2 N–H and O–H groups in total. The molecule has 2 atom stereocenters. The molecule has 2 aromatic rings. The Balaban J connectivity index is 1.72. The van der Waals surface area contributed by atoms with Gasteiger partial charge in [-0.25, -0.2) is 0 Å². The summed E-state index contributed by atoms with van der Waals surface area (Å²) in [5.41, 5.74) is 1.11. The van der Waals surface area contributed by atoms with Crippen molar-refractivity contribution in [2.75, 3.05) is 0 Å². The van der Waals surface area contributed by atoms with Gasteiger partial charge in [0.05, 0.1) is 12.0 Å². The minimum absolute atomic E-state index is 0.0251. The van der Waals surface area contributed by atoms with Gasteiger partial charge in [0, 0.05) is 6.54 Å². The molecule has 0 spiro atoms. The minimum atomic E-state index is -0.470. The molecule has 3 rings (SSSR count). The first-order chi connectivity index (χ1) is 9.75. The Labute approximate surface area is 118 Å². The van der Waals surface area contributed by atoms with Gasteiger partial charge in [-0.15, -0.1) is 0 Å². The van der Waals surface area contributed by atoms with Crippen molar-refractivity contribution in [2.24, 2.45) is 5.92 Å². The zero-order valence-electron chi connectivity index (χ0n) is 11.4. The molecule has 1 saturated carbocycles. The first-order valence-electron chi connectivity index (χ1n) is 7.18. The van der Waals surface area contributed by atoms with Crippen LogP contribution in [0.4, 0.5) is 0 Å². The summed E-state index contributed by atoms with van der Waals surface area (Å²) in [5.74, 6) is -0.257. The Bertz CT molecular complexity index is 618. The van der Waals surface area contributed by atoms with Crippen LogP contribution in [0.2, 0.25) is 0 Å². The van der Waals surface area contributed by atoms with E-state index >= 15 is 0 Å². The third kappa shape index (κ3) is 2.54. The number of aliphatic hydroxyl groups is 1. The van der Waals surface area contributed by atoms with Crippen LogP contribution in [0.5, 0.6) is 0 Å². The molecule has 0 saturated heterocycles. The van der Waals surface area contributed by atoms with Gasteiger partial charge < -0.3 is 10.4 Å². The van der Waals surface area contributed by atoms with E-state index in [2.05, 4.69) is 23.5 Å². The van der Waals surface area contributed by atoms with Gasteiger partial charge in [0.1, 0.15) is 0 Å². The summed E-state index contributed by atoms with van der Waals surface area (Å²) in [5, 5.41) is 15.1. The molecular formula is C17H19NO2. The average Bonchev–Trinajstić information content (AvgIpc) is 2.91. The Hall–Kier alpha value is -1.87. The lowest BCUT2D eigenvalue weighted by Gasteiger charge is -2.15. The second-order valence-electron chi connectivity index (χ2n) is 5.46. The summed E-state index contributed by atoms with van der Waals surface area (Å²) in [6.45, 7) is 0.517. The van der Waals surface area contributed by atoms with Crippen molar-refractivity contribution in [1.82, 2.24) is 5.32 Å². The number of hydrogen-bond acceptors (Lipinski definition) is 2. The highest BCUT2D eigenvalue weighted by atomic mass is 16.3. The van der Waals surface area contributed by atoms with Crippen molar-refractivity contribution in [1.29, 1.82) is 0 Å². The van der Waals surface area contributed by atoms with Crippen LogP contribution in [-0.2, 0) is 11.3 Å². The number of carbonyl (C=O) groups excluding carboxylic acids is 1. The summed E-state index contributed by atoms with van der Waals surface area (Å²) in [4.78, 5) is 12.1. The average molecular weight is 269 g/mol. The highest BCUT2D eigenvalue weighted by Gasteiger charge is 2.31. The van der Waals surface area contributed by atoms with Crippen LogP contribution >= 0.6 is 0 Å². The van der Waals surface area contributed by atoms with Crippen molar-refractivity contribution >= 4 is 16.7 Å². The molecule has 1 fully saturated rings. The molecule has 0 aromatic heterocycles. The van der Waals surface area contributed by atoms with E-state index in [1.165, 1.54) is 10.8 Å². The van der Waals surface area contributed by atoms with E-state index in [0.717, 1.165) is 24.8 Å². The standard InChI is InChI=1S/C17H19NO2/c19-16-10-4-9-15(16)17(20)18-11-13-7-3-6-12-5-1-2-8-14(12)13/h1-3,5-8,15-16,19H,4,9-11H2,(H,18,20). The molecule has 1 aliphatic rings. The Kier molecular flexibility index (Phi) is 3.70. The van der Waals surface area contributed by atoms with Crippen LogP contribution in [0.3, 0.4) is 0 Å². The highest BCUT2D eigenvalue weighted by molar-refractivity contribution is 5.86. The van der Waals surface area contributed by atoms with Gasteiger partial charge in [-0.3, -0.25) is 4.79 Å². The second kappa shape index (κ2) is 5.63. The molecule has 3 nitrogen and oxygen atoms in total. The van der Waals surface area contributed by atoms with Crippen molar-refractivity contribution in [3.63, 3.8) is 0 Å². The summed E-state index contributed by atoms with van der Waals surface area (Å²) in [6, 6.07) is 14.3. The Morgan fingerprint density at radius 2 is 1.95 bits per heavy atom. The second-order valence-corrected chi connectivity index (χ2v) is 5.46. The number of fused-ring (bicyclic) bond motifs is 1. The van der Waals surface area contributed by atoms with Gasteiger partial charge in [-0.2, -0.15) is 0 Å². The Morgan fingerprint density at radius 3 is 2.75 bits per heavy atom. The van der Waals surface area contributed by atoms with Gasteiger partial charge in [0.25, 0.3) is 0 Å². The van der Waals surface area contributed by atoms with Crippen molar-refractivity contribution < 1.29 is 9.90 Å². The predicted molar refractivity (Wildman–Crippen MR) is 79.1 cm³/mol. The van der Waals surface area contributed by atoms with Crippen LogP contribution in [0.15, 0.2) is 42.5 Å². The fourth-order valence-electron chi connectivity index (χ4n) is 3.01. The van der Waals surface area contributed by atoms with Crippen molar-refractivity contribution in [2.45, 2.75) is 31.9 Å². The lowest BCUT2D eigenvalue weighted by atomic mass is 10.0. The highest BCUT2D eigenvalue weighted by Crippen LogP contribution is 2.26. The maximum absolute atomic E-state index is 12.1. The van der Waals surface area contributed by atoms with Crippen LogP contribution < -0.4 is 5.32 Å². The summed E-state index contributed by atoms with van der Waals surface area (Å²) in [6.07, 6.45) is 2.00. The van der Waals surface area contributed by atoms with Gasteiger partial charge >= 0.3 is 0 Å². The minimum Gasteiger partial charge on any atom is -0.392 e. The predicted octanol–water partition coefficient (Wildman–Crippen LogP) is 2.62. The first kappa shape index (κ1) is 13.1. The van der Waals surface area contributed by atoms with Gasteiger partial charge in [0.2, 0.25) is 5.91 Å². The van der Waals surface area contributed by atoms with Gasteiger partial charge in [-0.1, -0.05) is 42.5 Å². The zero-order valence-corrected chi connectivity index (χ0v) is 11.4. The van der Waals surface area contributed by atoms with E-state index in [1.54, 1.807) is 0 Å². The molecule has 0 bridgehead atoms. The van der Waals surface area contributed by atoms with Crippen LogP contribution in [-0.4, -0.2) is 17.1 Å². The quantitative estimate of drug-likeness (QED) is 0.900. The molecule has 0 heterocycles. The molecular weight excluding hydrogens is 250 g/mol. The van der Waals surface area contributed by atoms with Crippen LogP contribution in [0, 0.1) is 5.92 Å². The van der Waals surface area contributed by atoms with E-state index in [9.17, 15) is 9.90 Å². The monoisotopic (exact) mass is 269 g/mol. The lowest BCUT2D eigenvalue weighted by Crippen LogP contribution is -2.34. The number of nitrogens with one attached hydrogen (secondary N) is 1. The first-order valence-corrected chi connectivity index (χ1v) is 7.18. The lowest BCUT2D eigenvalue weighted by molar-refractivity contribution is -0.127. The number of carbonyl (C=O) groups is 1. The van der Waals surface area contributed by atoms with E-state index in [4.69, 9.17) is 0 Å². The summed E-state index contributed by atoms with van der Waals surface area (Å²) < 4.78 is 0. The van der Waals surface area contributed by atoms with Gasteiger partial charge in [-0.05, 0) is 35.6 Å². The molecule has 0 radical (unpaired) electrons. The van der Waals surface area contributed by atoms with E-state index in [0.29, 0.717) is 6.54 Å². The third-order valence-corrected chi connectivity index (χ3v) is 4.15. The van der Waals surface area contributed by atoms with Crippen LogP contribution in [0.25, 0.3) is 10.8 Å². The maximum Gasteiger partial charge on any atom is 0.225 e. The molecule has 20 heavy (non-hydrogen) atoms. The third-order valence-electron chi connectivity index (χ3n) is 4.15. The van der Waals surface area contributed by atoms with E-state index < -0.39 is 6.10 Å². The number of rotatable bonds is 3. The normalized spacial score (nSPS) is 22.1. The maximum atomic E-state index is 12.1. The van der Waals surface area contributed by atoms with Crippen molar-refractivity contribution in [3.8, 4) is 0 Å². The fourth-order valence-corrected chi connectivity index (χ4v) is 3.01. The van der Waals surface area contributed by atoms with Crippen LogP contribution in [0.1, 0.15) is 24.8 Å².